The Kier molecular flexibility index (Phi) is 7.12. The molecule has 6 rings (SSSR count). The minimum absolute atomic E-state index is 0.0212. The standard InChI is InChI=1S/C27H31Cl2N9O2S/c1-14-22(36-41(39)26(2,3)4)27(13-40-14)8-10-38(11-9-27)25-31-17(12-30)19-21(33-34-24(19)32-25)15-6-7-16-18(20(15)28)23(29)37(5)35-16/h6-7,14,22,36H,8-11,13H2,1-5H3,(H,31,32,33,34)/t14-,22+,41?/m0/s1. The fraction of sp³-hybridized carbons (Fsp3) is 0.519. The molecule has 1 spiro atoms. The van der Waals surface area contributed by atoms with Gasteiger partial charge in [0.25, 0.3) is 0 Å². The number of benzene rings is 1. The van der Waals surface area contributed by atoms with Crippen LogP contribution in [0, 0.1) is 16.7 Å². The zero-order valence-electron chi connectivity index (χ0n) is 23.5. The zero-order valence-corrected chi connectivity index (χ0v) is 25.8. The van der Waals surface area contributed by atoms with Gasteiger partial charge in [-0.1, -0.05) is 23.2 Å². The van der Waals surface area contributed by atoms with Gasteiger partial charge in [0.15, 0.2) is 11.3 Å². The predicted molar refractivity (Wildman–Crippen MR) is 160 cm³/mol. The van der Waals surface area contributed by atoms with Crippen molar-refractivity contribution >= 4 is 62.4 Å². The van der Waals surface area contributed by atoms with Crippen LogP contribution >= 0.6 is 23.2 Å². The van der Waals surface area contributed by atoms with Gasteiger partial charge in [0.1, 0.15) is 16.0 Å². The Morgan fingerprint density at radius 2 is 1.95 bits per heavy atom. The highest BCUT2D eigenvalue weighted by atomic mass is 35.5. The van der Waals surface area contributed by atoms with E-state index in [9.17, 15) is 9.81 Å². The van der Waals surface area contributed by atoms with Crippen molar-refractivity contribution in [3.63, 3.8) is 0 Å². The van der Waals surface area contributed by atoms with Gasteiger partial charge in [-0.15, -0.1) is 4.72 Å². The van der Waals surface area contributed by atoms with Crippen molar-refractivity contribution in [2.75, 3.05) is 24.6 Å². The lowest BCUT2D eigenvalue weighted by Crippen LogP contribution is -2.56. The van der Waals surface area contributed by atoms with Gasteiger partial charge in [0.05, 0.1) is 45.8 Å². The number of nitrogens with one attached hydrogen (secondary N) is 2. The Hall–Kier alpha value is -2.66. The van der Waals surface area contributed by atoms with Gasteiger partial charge in [0, 0.05) is 42.5 Å². The fourth-order valence-electron chi connectivity index (χ4n) is 5.84. The van der Waals surface area contributed by atoms with Crippen LogP contribution in [-0.2, 0) is 23.1 Å². The molecule has 11 nitrogen and oxygen atoms in total. The quantitative estimate of drug-likeness (QED) is 0.317. The van der Waals surface area contributed by atoms with Gasteiger partial charge in [-0.2, -0.15) is 20.4 Å². The molecule has 2 aliphatic rings. The Balaban J connectivity index is 1.29. The van der Waals surface area contributed by atoms with E-state index in [4.69, 9.17) is 32.9 Å². The van der Waals surface area contributed by atoms with Gasteiger partial charge in [-0.25, -0.2) is 4.98 Å². The van der Waals surface area contributed by atoms with Gasteiger partial charge in [0.2, 0.25) is 5.95 Å². The minimum Gasteiger partial charge on any atom is -0.598 e. The number of aromatic nitrogens is 6. The van der Waals surface area contributed by atoms with Gasteiger partial charge >= 0.3 is 0 Å². The van der Waals surface area contributed by atoms with Crippen molar-refractivity contribution in [3.8, 4) is 17.3 Å². The molecule has 2 saturated heterocycles. The number of hydrogen-bond donors (Lipinski definition) is 2. The third kappa shape index (κ3) is 4.73. The third-order valence-corrected chi connectivity index (χ3v) is 10.6. The molecule has 2 N–H and O–H groups in total. The van der Waals surface area contributed by atoms with Crippen molar-refractivity contribution in [1.29, 1.82) is 5.26 Å². The van der Waals surface area contributed by atoms with Crippen molar-refractivity contribution in [2.24, 2.45) is 12.5 Å². The van der Waals surface area contributed by atoms with Crippen LogP contribution in [0.5, 0.6) is 0 Å². The summed E-state index contributed by atoms with van der Waals surface area (Å²) in [7, 11) is 1.75. The molecule has 1 aromatic carbocycles. The summed E-state index contributed by atoms with van der Waals surface area (Å²) in [4.78, 5) is 11.5. The summed E-state index contributed by atoms with van der Waals surface area (Å²) in [6.45, 7) is 9.89. The monoisotopic (exact) mass is 615 g/mol. The van der Waals surface area contributed by atoms with Crippen LogP contribution in [0.15, 0.2) is 12.1 Å². The number of fused-ring (bicyclic) bond motifs is 2. The first kappa shape index (κ1) is 28.5. The molecule has 0 bridgehead atoms. The lowest BCUT2D eigenvalue weighted by molar-refractivity contribution is 0.0972. The second-order valence-corrected chi connectivity index (χ2v) is 14.6. The smallest absolute Gasteiger partial charge is 0.228 e. The van der Waals surface area contributed by atoms with Crippen LogP contribution in [0.1, 0.15) is 46.2 Å². The van der Waals surface area contributed by atoms with Crippen molar-refractivity contribution in [3.05, 3.63) is 28.0 Å². The largest absolute Gasteiger partial charge is 0.598 e. The Morgan fingerprint density at radius 3 is 2.63 bits per heavy atom. The summed E-state index contributed by atoms with van der Waals surface area (Å²) in [5.41, 5.74) is 2.30. The summed E-state index contributed by atoms with van der Waals surface area (Å²) in [6, 6.07) is 5.85. The van der Waals surface area contributed by atoms with E-state index in [1.807, 2.05) is 39.8 Å². The molecule has 2 aliphatic heterocycles. The maximum Gasteiger partial charge on any atom is 0.228 e. The van der Waals surface area contributed by atoms with Gasteiger partial charge < -0.3 is 14.2 Å². The zero-order chi connectivity index (χ0) is 29.3. The average Bonchev–Trinajstić information content (AvgIpc) is 3.58. The molecule has 216 valence electrons. The molecule has 0 radical (unpaired) electrons. The second-order valence-electron chi connectivity index (χ2n) is 11.9. The number of nitrogens with zero attached hydrogens (tertiary/aromatic N) is 7. The number of aryl methyl sites for hydroxylation is 1. The Bertz CT molecular complexity index is 1680. The molecule has 41 heavy (non-hydrogen) atoms. The summed E-state index contributed by atoms with van der Waals surface area (Å²) in [5.74, 6) is 0.452. The first-order chi connectivity index (χ1) is 19.4. The third-order valence-electron chi connectivity index (χ3n) is 8.24. The molecule has 0 saturated carbocycles. The lowest BCUT2D eigenvalue weighted by atomic mass is 9.73. The number of piperidine rings is 1. The number of halogens is 2. The van der Waals surface area contributed by atoms with E-state index in [2.05, 4.69) is 36.0 Å². The van der Waals surface area contributed by atoms with E-state index < -0.39 is 11.4 Å². The Labute approximate surface area is 250 Å². The van der Waals surface area contributed by atoms with Crippen molar-refractivity contribution in [2.45, 2.75) is 57.4 Å². The average molecular weight is 617 g/mol. The summed E-state index contributed by atoms with van der Waals surface area (Å²) in [6.07, 6.45) is 1.58. The molecule has 3 atom stereocenters. The highest BCUT2D eigenvalue weighted by molar-refractivity contribution is 7.90. The number of ether oxygens (including phenoxy) is 1. The molecular weight excluding hydrogens is 585 g/mol. The SMILES string of the molecule is C[C@@H]1OCC2(CCN(c3nc(C#N)c4c(-c5ccc6nn(C)c(Cl)c6c5Cl)[nH]nc4n3)CC2)[C@@H]1N[S+]([O-])C(C)(C)C. The predicted octanol–water partition coefficient (Wildman–Crippen LogP) is 4.51. The van der Waals surface area contributed by atoms with Gasteiger partial charge in [-0.3, -0.25) is 9.78 Å². The second kappa shape index (κ2) is 10.3. The molecule has 2 fully saturated rings. The minimum atomic E-state index is -1.20. The first-order valence-electron chi connectivity index (χ1n) is 13.5. The van der Waals surface area contributed by atoms with Crippen LogP contribution < -0.4 is 9.62 Å². The van der Waals surface area contributed by atoms with E-state index >= 15 is 0 Å². The maximum atomic E-state index is 12.9. The number of H-pyrrole nitrogens is 1. The summed E-state index contributed by atoms with van der Waals surface area (Å²) < 4.78 is 23.6. The van der Waals surface area contributed by atoms with E-state index in [-0.39, 0.29) is 28.0 Å². The summed E-state index contributed by atoms with van der Waals surface area (Å²) in [5, 5.41) is 23.9. The van der Waals surface area contributed by atoms with E-state index in [0.29, 0.717) is 69.0 Å². The van der Waals surface area contributed by atoms with Crippen LogP contribution in [-0.4, -0.2) is 71.1 Å². The highest BCUT2D eigenvalue weighted by Crippen LogP contribution is 2.44. The van der Waals surface area contributed by atoms with Crippen molar-refractivity contribution < 1.29 is 9.29 Å². The van der Waals surface area contributed by atoms with Gasteiger partial charge in [-0.05, 0) is 52.7 Å². The molecule has 3 aromatic heterocycles. The van der Waals surface area contributed by atoms with Crippen molar-refractivity contribution in [1.82, 2.24) is 34.7 Å². The van der Waals surface area contributed by atoms with E-state index in [0.717, 1.165) is 12.8 Å². The van der Waals surface area contributed by atoms with Crippen LogP contribution in [0.25, 0.3) is 33.2 Å². The molecule has 5 heterocycles. The molecule has 4 aromatic rings. The fourth-order valence-corrected chi connectivity index (χ4v) is 7.49. The molecule has 0 amide bonds. The van der Waals surface area contributed by atoms with Crippen LogP contribution in [0.3, 0.4) is 0 Å². The van der Waals surface area contributed by atoms with Crippen LogP contribution in [0.4, 0.5) is 5.95 Å². The molecule has 1 unspecified atom stereocenters. The first-order valence-corrected chi connectivity index (χ1v) is 15.4. The maximum absolute atomic E-state index is 12.9. The topological polar surface area (TPSA) is 144 Å². The lowest BCUT2D eigenvalue weighted by Gasteiger charge is -2.43. The molecule has 14 heteroatoms. The molecule has 0 aliphatic carbocycles. The van der Waals surface area contributed by atoms with E-state index in [1.165, 1.54) is 0 Å². The Morgan fingerprint density at radius 1 is 1.22 bits per heavy atom. The number of nitriles is 1. The normalized spacial score (nSPS) is 21.7. The van der Waals surface area contributed by atoms with Crippen LogP contribution in [0.2, 0.25) is 10.2 Å². The summed E-state index contributed by atoms with van der Waals surface area (Å²) >= 11 is 12.0. The number of anilines is 1. The number of aromatic amines is 1. The number of hydrogen-bond acceptors (Lipinski definition) is 9. The molecular formula is C27H31Cl2N9O2S. The number of rotatable bonds is 4. The highest BCUT2D eigenvalue weighted by Gasteiger charge is 2.52. The van der Waals surface area contributed by atoms with E-state index in [1.54, 1.807) is 11.7 Å².